The van der Waals surface area contributed by atoms with Crippen LogP contribution < -0.4 is 0 Å². The Morgan fingerprint density at radius 2 is 2.14 bits per heavy atom. The Morgan fingerprint density at radius 1 is 1.27 bits per heavy atom. The van der Waals surface area contributed by atoms with Crippen LogP contribution in [0.5, 0.6) is 0 Å². The van der Waals surface area contributed by atoms with E-state index in [0.717, 1.165) is 23.2 Å². The zero-order chi connectivity index (χ0) is 15.3. The Morgan fingerprint density at radius 3 is 2.91 bits per heavy atom. The van der Waals surface area contributed by atoms with Gasteiger partial charge in [-0.15, -0.1) is 0 Å². The van der Waals surface area contributed by atoms with Gasteiger partial charge in [-0.3, -0.25) is 0 Å². The van der Waals surface area contributed by atoms with E-state index in [0.29, 0.717) is 11.5 Å². The molecule has 0 aliphatic carbocycles. The molecule has 3 aromatic rings. The number of fused-ring (bicyclic) bond motifs is 5. The first kappa shape index (κ1) is 13.1. The molecule has 0 unspecified atom stereocenters. The highest BCUT2D eigenvalue weighted by molar-refractivity contribution is 5.70. The molecule has 1 aliphatic heterocycles. The van der Waals surface area contributed by atoms with Gasteiger partial charge in [-0.05, 0) is 24.1 Å². The van der Waals surface area contributed by atoms with Gasteiger partial charge in [-0.2, -0.15) is 5.10 Å². The first-order valence-electron chi connectivity index (χ1n) is 7.04. The lowest BCUT2D eigenvalue weighted by atomic mass is 10.1. The van der Waals surface area contributed by atoms with Crippen molar-refractivity contribution in [3.05, 3.63) is 47.8 Å². The summed E-state index contributed by atoms with van der Waals surface area (Å²) in [5.41, 5.74) is 3.09. The molecule has 3 heterocycles. The second kappa shape index (κ2) is 4.72. The number of aromatic nitrogens is 5. The minimum absolute atomic E-state index is 0.200. The predicted octanol–water partition coefficient (Wildman–Crippen LogP) is 2.99. The molecule has 0 radical (unpaired) electrons. The second-order valence-electron chi connectivity index (χ2n) is 5.19. The molecule has 0 bridgehead atoms. The number of benzene rings is 1. The Hall–Kier alpha value is -2.57. The number of aryl methyl sites for hydroxylation is 1. The van der Waals surface area contributed by atoms with Gasteiger partial charge in [0.2, 0.25) is 0 Å². The molecular formula is C15H13F2N5. The van der Waals surface area contributed by atoms with Crippen molar-refractivity contribution in [2.75, 3.05) is 0 Å². The lowest BCUT2D eigenvalue weighted by Gasteiger charge is -2.10. The first-order valence-corrected chi connectivity index (χ1v) is 7.04. The molecule has 4 rings (SSSR count). The number of halogens is 2. The Kier molecular flexibility index (Phi) is 2.82. The molecule has 0 fully saturated rings. The van der Waals surface area contributed by atoms with Crippen LogP contribution in [-0.2, 0) is 13.0 Å². The van der Waals surface area contributed by atoms with Gasteiger partial charge in [0.05, 0.1) is 17.9 Å². The third-order valence-electron chi connectivity index (χ3n) is 3.99. The van der Waals surface area contributed by atoms with E-state index in [2.05, 4.69) is 22.0 Å². The molecule has 0 saturated carbocycles. The zero-order valence-corrected chi connectivity index (χ0v) is 11.9. The summed E-state index contributed by atoms with van der Waals surface area (Å²) in [6.45, 7) is 2.30. The normalized spacial score (nSPS) is 12.7. The number of hydrogen-bond acceptors (Lipinski definition) is 3. The third-order valence-corrected chi connectivity index (χ3v) is 3.99. The molecule has 1 aromatic carbocycles. The maximum Gasteiger partial charge on any atom is 0.282 e. The molecule has 0 amide bonds. The number of alkyl halides is 2. The van der Waals surface area contributed by atoms with E-state index in [4.69, 9.17) is 0 Å². The summed E-state index contributed by atoms with van der Waals surface area (Å²) in [7, 11) is 0. The molecule has 22 heavy (non-hydrogen) atoms. The average Bonchev–Trinajstić information content (AvgIpc) is 3.12. The van der Waals surface area contributed by atoms with E-state index in [1.165, 1.54) is 12.7 Å². The van der Waals surface area contributed by atoms with Crippen LogP contribution in [0.1, 0.15) is 30.3 Å². The second-order valence-corrected chi connectivity index (χ2v) is 5.19. The van der Waals surface area contributed by atoms with Crippen molar-refractivity contribution >= 4 is 0 Å². The van der Waals surface area contributed by atoms with Gasteiger partial charge < -0.3 is 4.57 Å². The minimum Gasteiger partial charge on any atom is -0.300 e. The molecule has 1 aliphatic rings. The fraction of sp³-hybridized carbons (Fsp3) is 0.267. The zero-order valence-electron chi connectivity index (χ0n) is 11.9. The monoisotopic (exact) mass is 301 g/mol. The van der Waals surface area contributed by atoms with Gasteiger partial charge >= 0.3 is 0 Å². The van der Waals surface area contributed by atoms with Crippen LogP contribution in [0, 0.1) is 0 Å². The van der Waals surface area contributed by atoms with Crippen LogP contribution in [0.3, 0.4) is 0 Å². The molecule has 112 valence electrons. The summed E-state index contributed by atoms with van der Waals surface area (Å²) in [5, 5.41) is 4.17. The van der Waals surface area contributed by atoms with Crippen LogP contribution in [0.25, 0.3) is 17.1 Å². The predicted molar refractivity (Wildman–Crippen MR) is 76.0 cm³/mol. The van der Waals surface area contributed by atoms with E-state index < -0.39 is 6.43 Å². The number of nitrogens with zero attached hydrogens (tertiary/aromatic N) is 5. The molecule has 0 atom stereocenters. The number of imidazole rings is 1. The topological polar surface area (TPSA) is 48.5 Å². The lowest BCUT2D eigenvalue weighted by Crippen LogP contribution is -2.07. The smallest absolute Gasteiger partial charge is 0.282 e. The van der Waals surface area contributed by atoms with Crippen molar-refractivity contribution in [3.63, 3.8) is 0 Å². The summed E-state index contributed by atoms with van der Waals surface area (Å²) in [4.78, 5) is 8.19. The summed E-state index contributed by atoms with van der Waals surface area (Å²) >= 11 is 0. The van der Waals surface area contributed by atoms with Gasteiger partial charge in [0.25, 0.3) is 6.43 Å². The Labute approximate surface area is 125 Å². The van der Waals surface area contributed by atoms with E-state index in [1.54, 1.807) is 9.25 Å². The molecule has 0 N–H and O–H groups in total. The molecule has 5 nitrogen and oxygen atoms in total. The average molecular weight is 301 g/mol. The van der Waals surface area contributed by atoms with Gasteiger partial charge in [-0.25, -0.2) is 23.4 Å². The van der Waals surface area contributed by atoms with Crippen molar-refractivity contribution in [1.82, 2.24) is 24.3 Å². The van der Waals surface area contributed by atoms with Crippen molar-refractivity contribution in [1.29, 1.82) is 0 Å². The minimum atomic E-state index is -2.61. The first-order chi connectivity index (χ1) is 10.7. The van der Waals surface area contributed by atoms with E-state index >= 15 is 0 Å². The summed E-state index contributed by atoms with van der Waals surface area (Å²) < 4.78 is 29.8. The van der Waals surface area contributed by atoms with Gasteiger partial charge in [-0.1, -0.05) is 13.0 Å². The number of rotatable bonds is 2. The summed E-state index contributed by atoms with van der Waals surface area (Å²) in [6.07, 6.45) is 1.18. The Bertz CT molecular complexity index is 849. The highest BCUT2D eigenvalue weighted by atomic mass is 19.3. The standard InChI is InChI=1S/C15H13F2N5/c1-2-9-3-4-11-10(5-9)15-18-7-20-22(15)6-12-13(14(16)17)19-8-21(11)12/h3-5,7-8,14H,2,6H2,1H3. The maximum absolute atomic E-state index is 13.2. The highest BCUT2D eigenvalue weighted by Gasteiger charge is 2.26. The quantitative estimate of drug-likeness (QED) is 0.572. The van der Waals surface area contributed by atoms with Crippen LogP contribution in [0.15, 0.2) is 30.9 Å². The molecule has 7 heteroatoms. The van der Waals surface area contributed by atoms with Crippen molar-refractivity contribution < 1.29 is 8.78 Å². The molecule has 0 spiro atoms. The van der Waals surface area contributed by atoms with E-state index in [1.807, 2.05) is 18.2 Å². The summed E-state index contributed by atoms with van der Waals surface area (Å²) in [5.74, 6) is 0.689. The van der Waals surface area contributed by atoms with Crippen LogP contribution in [0.2, 0.25) is 0 Å². The van der Waals surface area contributed by atoms with E-state index in [-0.39, 0.29) is 12.2 Å². The lowest BCUT2D eigenvalue weighted by molar-refractivity contribution is 0.145. The molecular weight excluding hydrogens is 288 g/mol. The van der Waals surface area contributed by atoms with Gasteiger partial charge in [0.1, 0.15) is 18.3 Å². The van der Waals surface area contributed by atoms with Crippen LogP contribution in [0.4, 0.5) is 8.78 Å². The van der Waals surface area contributed by atoms with Crippen molar-refractivity contribution in [3.8, 4) is 17.1 Å². The van der Waals surface area contributed by atoms with Crippen molar-refractivity contribution in [2.24, 2.45) is 0 Å². The Balaban J connectivity index is 2.04. The fourth-order valence-electron chi connectivity index (χ4n) is 2.86. The van der Waals surface area contributed by atoms with Crippen molar-refractivity contribution in [2.45, 2.75) is 26.3 Å². The third kappa shape index (κ3) is 1.78. The SMILES string of the molecule is CCc1ccc2c(c1)-c1ncnn1Cc1c(C(F)F)ncn1-2. The van der Waals surface area contributed by atoms with E-state index in [9.17, 15) is 8.78 Å². The highest BCUT2D eigenvalue weighted by Crippen LogP contribution is 2.34. The summed E-state index contributed by atoms with van der Waals surface area (Å²) in [6, 6.07) is 5.96. The van der Waals surface area contributed by atoms with Gasteiger partial charge in [0.15, 0.2) is 5.82 Å². The molecule has 2 aromatic heterocycles. The largest absolute Gasteiger partial charge is 0.300 e. The van der Waals surface area contributed by atoms with Gasteiger partial charge in [0, 0.05) is 5.56 Å². The number of hydrogen-bond donors (Lipinski definition) is 0. The molecule has 0 saturated heterocycles. The van der Waals surface area contributed by atoms with Crippen LogP contribution >= 0.6 is 0 Å². The fourth-order valence-corrected chi connectivity index (χ4v) is 2.86. The van der Waals surface area contributed by atoms with Crippen LogP contribution in [-0.4, -0.2) is 24.3 Å². The maximum atomic E-state index is 13.2.